The van der Waals surface area contributed by atoms with Crippen LogP contribution in [0.25, 0.3) is 0 Å². The van der Waals surface area contributed by atoms with Gasteiger partial charge in [-0.2, -0.15) is 0 Å². The third-order valence-corrected chi connectivity index (χ3v) is 6.29. The number of nitrogens with zero attached hydrogens (tertiary/aromatic N) is 4. The Labute approximate surface area is 185 Å². The number of piperazine rings is 1. The van der Waals surface area contributed by atoms with E-state index in [2.05, 4.69) is 26.2 Å². The molecule has 1 unspecified atom stereocenters. The number of pyridine rings is 1. The molecule has 1 atom stereocenters. The van der Waals surface area contributed by atoms with E-state index in [4.69, 9.17) is 0 Å². The molecular formula is C23H23N5O4. The van der Waals surface area contributed by atoms with Crippen molar-refractivity contribution in [1.82, 2.24) is 20.1 Å². The Bertz CT molecular complexity index is 1090. The maximum atomic E-state index is 13.0. The fraction of sp³-hybridized carbons (Fsp3) is 0.348. The maximum Gasteiger partial charge on any atom is 0.262 e. The van der Waals surface area contributed by atoms with Crippen molar-refractivity contribution in [2.24, 2.45) is 0 Å². The standard InChI is InChI=1S/C23H23N5O4/c29-20-6-5-19(21(30)25-20)28-22(31)17-4-3-15(12-18(17)23(28)32)14-26-8-10-27(11-9-26)16-2-1-7-24-13-16/h1-4,7,12-13,19H,5-6,8-11,14H2,(H,25,29,30). The van der Waals surface area contributed by atoms with Crippen molar-refractivity contribution >= 4 is 29.3 Å². The third-order valence-electron chi connectivity index (χ3n) is 6.29. The van der Waals surface area contributed by atoms with Gasteiger partial charge in [0.25, 0.3) is 11.8 Å². The van der Waals surface area contributed by atoms with Gasteiger partial charge in [0.2, 0.25) is 11.8 Å². The number of fused-ring (bicyclic) bond motifs is 1. The highest BCUT2D eigenvalue weighted by Crippen LogP contribution is 2.29. The van der Waals surface area contributed by atoms with Crippen LogP contribution in [0.2, 0.25) is 0 Å². The molecule has 0 bridgehead atoms. The number of anilines is 1. The zero-order valence-electron chi connectivity index (χ0n) is 17.5. The minimum absolute atomic E-state index is 0.111. The number of aromatic nitrogens is 1. The first-order chi connectivity index (χ1) is 15.5. The van der Waals surface area contributed by atoms with E-state index >= 15 is 0 Å². The Hall–Kier alpha value is -3.59. The molecule has 9 heteroatoms. The fourth-order valence-corrected chi connectivity index (χ4v) is 4.58. The molecule has 32 heavy (non-hydrogen) atoms. The first-order valence-electron chi connectivity index (χ1n) is 10.7. The second-order valence-electron chi connectivity index (χ2n) is 8.30. The van der Waals surface area contributed by atoms with Crippen LogP contribution in [0.5, 0.6) is 0 Å². The van der Waals surface area contributed by atoms with E-state index < -0.39 is 23.8 Å². The number of benzene rings is 1. The highest BCUT2D eigenvalue weighted by molar-refractivity contribution is 6.23. The molecule has 2 aromatic rings. The van der Waals surface area contributed by atoms with Gasteiger partial charge in [0, 0.05) is 45.3 Å². The van der Waals surface area contributed by atoms with Crippen LogP contribution in [0.15, 0.2) is 42.7 Å². The highest BCUT2D eigenvalue weighted by Gasteiger charge is 2.44. The molecule has 1 aromatic heterocycles. The summed E-state index contributed by atoms with van der Waals surface area (Å²) in [6.07, 6.45) is 3.90. The molecule has 0 aliphatic carbocycles. The second kappa shape index (κ2) is 8.16. The minimum Gasteiger partial charge on any atom is -0.368 e. The minimum atomic E-state index is -0.941. The van der Waals surface area contributed by atoms with E-state index in [9.17, 15) is 19.2 Å². The zero-order chi connectivity index (χ0) is 22.2. The highest BCUT2D eigenvalue weighted by atomic mass is 16.2. The van der Waals surface area contributed by atoms with E-state index in [1.54, 1.807) is 18.3 Å². The van der Waals surface area contributed by atoms with Gasteiger partial charge in [0.15, 0.2) is 0 Å². The average Bonchev–Trinajstić information content (AvgIpc) is 3.05. The van der Waals surface area contributed by atoms with Gasteiger partial charge in [0.05, 0.1) is 23.0 Å². The largest absolute Gasteiger partial charge is 0.368 e. The van der Waals surface area contributed by atoms with Gasteiger partial charge in [-0.25, -0.2) is 0 Å². The van der Waals surface area contributed by atoms with Crippen molar-refractivity contribution in [3.8, 4) is 0 Å². The predicted molar refractivity (Wildman–Crippen MR) is 115 cm³/mol. The van der Waals surface area contributed by atoms with Gasteiger partial charge >= 0.3 is 0 Å². The Balaban J connectivity index is 1.26. The summed E-state index contributed by atoms with van der Waals surface area (Å²) in [4.78, 5) is 59.2. The smallest absolute Gasteiger partial charge is 0.262 e. The topological polar surface area (TPSA) is 103 Å². The van der Waals surface area contributed by atoms with Crippen molar-refractivity contribution in [2.75, 3.05) is 31.1 Å². The SMILES string of the molecule is O=C1CCC(N2C(=O)c3ccc(CN4CCN(c5cccnc5)CC4)cc3C2=O)C(=O)N1. The normalized spacial score (nSPS) is 21.7. The van der Waals surface area contributed by atoms with Crippen molar-refractivity contribution in [3.05, 3.63) is 59.4 Å². The number of hydrogen-bond acceptors (Lipinski definition) is 7. The van der Waals surface area contributed by atoms with Gasteiger partial charge in [-0.3, -0.25) is 39.3 Å². The van der Waals surface area contributed by atoms with Crippen LogP contribution >= 0.6 is 0 Å². The monoisotopic (exact) mass is 433 g/mol. The van der Waals surface area contributed by atoms with Crippen molar-refractivity contribution in [2.45, 2.75) is 25.4 Å². The summed E-state index contributed by atoms with van der Waals surface area (Å²) in [5.74, 6) is -1.92. The number of imide groups is 2. The molecule has 3 aliphatic rings. The van der Waals surface area contributed by atoms with Gasteiger partial charge in [-0.05, 0) is 36.2 Å². The molecule has 5 rings (SSSR count). The predicted octanol–water partition coefficient (Wildman–Crippen LogP) is 0.805. The molecule has 3 aliphatic heterocycles. The molecule has 9 nitrogen and oxygen atoms in total. The molecule has 2 fully saturated rings. The molecule has 0 spiro atoms. The Kier molecular flexibility index (Phi) is 5.18. The zero-order valence-corrected chi connectivity index (χ0v) is 17.5. The van der Waals surface area contributed by atoms with E-state index in [-0.39, 0.29) is 18.7 Å². The molecule has 1 N–H and O–H groups in total. The van der Waals surface area contributed by atoms with E-state index in [1.165, 1.54) is 0 Å². The lowest BCUT2D eigenvalue weighted by Crippen LogP contribution is -2.54. The number of nitrogens with one attached hydrogen (secondary N) is 1. The van der Waals surface area contributed by atoms with Crippen molar-refractivity contribution in [1.29, 1.82) is 0 Å². The molecule has 0 saturated carbocycles. The van der Waals surface area contributed by atoms with Crippen molar-refractivity contribution in [3.63, 3.8) is 0 Å². The molecule has 4 amide bonds. The molecule has 4 heterocycles. The molecular weight excluding hydrogens is 410 g/mol. The summed E-state index contributed by atoms with van der Waals surface area (Å²) < 4.78 is 0. The van der Waals surface area contributed by atoms with Gasteiger partial charge in [0.1, 0.15) is 6.04 Å². The number of amides is 4. The number of carbonyl (C=O) groups excluding carboxylic acids is 4. The summed E-state index contributed by atoms with van der Waals surface area (Å²) in [6, 6.07) is 8.34. The maximum absolute atomic E-state index is 13.0. The Morgan fingerprint density at radius 3 is 2.47 bits per heavy atom. The Morgan fingerprint density at radius 2 is 1.75 bits per heavy atom. The van der Waals surface area contributed by atoms with Crippen LogP contribution in [0.4, 0.5) is 5.69 Å². The first kappa shape index (κ1) is 20.3. The second-order valence-corrected chi connectivity index (χ2v) is 8.30. The van der Waals surface area contributed by atoms with E-state index in [1.807, 2.05) is 18.3 Å². The van der Waals surface area contributed by atoms with Crippen LogP contribution in [0.1, 0.15) is 39.1 Å². The average molecular weight is 433 g/mol. The number of hydrogen-bond donors (Lipinski definition) is 1. The number of carbonyl (C=O) groups is 4. The fourth-order valence-electron chi connectivity index (χ4n) is 4.58. The third kappa shape index (κ3) is 3.64. The lowest BCUT2D eigenvalue weighted by atomic mass is 10.0. The van der Waals surface area contributed by atoms with Crippen LogP contribution < -0.4 is 10.2 Å². The lowest BCUT2D eigenvalue weighted by molar-refractivity contribution is -0.136. The molecule has 0 radical (unpaired) electrons. The summed E-state index contributed by atoms with van der Waals surface area (Å²) in [5, 5.41) is 2.22. The Morgan fingerprint density at radius 1 is 0.969 bits per heavy atom. The van der Waals surface area contributed by atoms with Gasteiger partial charge < -0.3 is 4.90 Å². The number of piperidine rings is 1. The van der Waals surface area contributed by atoms with Crippen LogP contribution in [-0.2, 0) is 16.1 Å². The summed E-state index contributed by atoms with van der Waals surface area (Å²) in [6.45, 7) is 4.20. The molecule has 164 valence electrons. The lowest BCUT2D eigenvalue weighted by Gasteiger charge is -2.36. The summed E-state index contributed by atoms with van der Waals surface area (Å²) >= 11 is 0. The van der Waals surface area contributed by atoms with E-state index in [0.717, 1.165) is 42.3 Å². The summed E-state index contributed by atoms with van der Waals surface area (Å²) in [7, 11) is 0. The molecule has 2 saturated heterocycles. The van der Waals surface area contributed by atoms with Crippen molar-refractivity contribution < 1.29 is 19.2 Å². The van der Waals surface area contributed by atoms with Crippen LogP contribution in [0.3, 0.4) is 0 Å². The number of rotatable bonds is 4. The van der Waals surface area contributed by atoms with Gasteiger partial charge in [-0.1, -0.05) is 6.07 Å². The van der Waals surface area contributed by atoms with E-state index in [0.29, 0.717) is 17.7 Å². The van der Waals surface area contributed by atoms with Crippen LogP contribution in [-0.4, -0.2) is 70.6 Å². The summed E-state index contributed by atoms with van der Waals surface area (Å²) in [5.41, 5.74) is 2.70. The quantitative estimate of drug-likeness (QED) is 0.712. The van der Waals surface area contributed by atoms with Crippen LogP contribution in [0, 0.1) is 0 Å². The first-order valence-corrected chi connectivity index (χ1v) is 10.7. The molecule has 1 aromatic carbocycles. The van der Waals surface area contributed by atoms with Gasteiger partial charge in [-0.15, -0.1) is 0 Å².